The van der Waals surface area contributed by atoms with Gasteiger partial charge in [-0.2, -0.15) is 0 Å². The molecule has 1 N–H and O–H groups in total. The van der Waals surface area contributed by atoms with Crippen molar-refractivity contribution in [3.63, 3.8) is 0 Å². The summed E-state index contributed by atoms with van der Waals surface area (Å²) in [6.45, 7) is 1.82. The Hall–Kier alpha value is -3.75. The summed E-state index contributed by atoms with van der Waals surface area (Å²) in [6.07, 6.45) is 7.53. The second kappa shape index (κ2) is 8.97. The highest BCUT2D eigenvalue weighted by atomic mass is 32.1. The van der Waals surface area contributed by atoms with Crippen LogP contribution in [-0.4, -0.2) is 47.2 Å². The molecule has 2 aromatic heterocycles. The van der Waals surface area contributed by atoms with Crippen molar-refractivity contribution in [2.45, 2.75) is 31.7 Å². The third-order valence-corrected chi connectivity index (χ3v) is 8.49. The van der Waals surface area contributed by atoms with E-state index < -0.39 is 0 Å². The molecule has 7 nitrogen and oxygen atoms in total. The largest absolute Gasteiger partial charge is 0.377 e. The van der Waals surface area contributed by atoms with Gasteiger partial charge < -0.3 is 19.5 Å². The van der Waals surface area contributed by atoms with Crippen LogP contribution in [0, 0.1) is 0 Å². The van der Waals surface area contributed by atoms with E-state index in [1.807, 2.05) is 53.7 Å². The molecular weight excluding hydrogens is 484 g/mol. The SMILES string of the molecule is O=C(NC1CC1)c1cc2c(s1)-c1ccccc1N(C(=O)c1ccc3ncn(C4=CCOCC4)c3c1)CC2. The van der Waals surface area contributed by atoms with E-state index in [0.717, 1.165) is 62.6 Å². The van der Waals surface area contributed by atoms with Gasteiger partial charge in [-0.25, -0.2) is 4.98 Å². The molecule has 7 rings (SSSR count). The molecule has 2 amide bonds. The van der Waals surface area contributed by atoms with Crippen molar-refractivity contribution < 1.29 is 14.3 Å². The smallest absolute Gasteiger partial charge is 0.261 e. The maximum absolute atomic E-state index is 13.9. The first-order chi connectivity index (χ1) is 18.2. The van der Waals surface area contributed by atoms with Crippen molar-refractivity contribution in [1.82, 2.24) is 14.9 Å². The van der Waals surface area contributed by atoms with Crippen molar-refractivity contribution in [3.8, 4) is 10.4 Å². The van der Waals surface area contributed by atoms with Gasteiger partial charge in [0.2, 0.25) is 0 Å². The second-order valence-corrected chi connectivity index (χ2v) is 10.8. The first-order valence-corrected chi connectivity index (χ1v) is 13.6. The Morgan fingerprint density at radius 3 is 2.81 bits per heavy atom. The molecule has 37 heavy (non-hydrogen) atoms. The van der Waals surface area contributed by atoms with Gasteiger partial charge in [0.25, 0.3) is 11.8 Å². The number of nitrogens with one attached hydrogen (secondary N) is 1. The zero-order valence-corrected chi connectivity index (χ0v) is 21.1. The van der Waals surface area contributed by atoms with Crippen LogP contribution in [0.5, 0.6) is 0 Å². The van der Waals surface area contributed by atoms with Crippen LogP contribution in [-0.2, 0) is 11.2 Å². The molecule has 1 fully saturated rings. The van der Waals surface area contributed by atoms with Gasteiger partial charge in [0.05, 0.1) is 34.8 Å². The highest BCUT2D eigenvalue weighted by Crippen LogP contribution is 2.42. The fourth-order valence-electron chi connectivity index (χ4n) is 5.16. The number of aromatic nitrogens is 2. The van der Waals surface area contributed by atoms with Gasteiger partial charge >= 0.3 is 0 Å². The Kier molecular flexibility index (Phi) is 5.44. The summed E-state index contributed by atoms with van der Waals surface area (Å²) in [5.41, 5.74) is 6.55. The minimum Gasteiger partial charge on any atom is -0.377 e. The summed E-state index contributed by atoms with van der Waals surface area (Å²) in [5.74, 6) is -0.0274. The number of hydrogen-bond acceptors (Lipinski definition) is 5. The lowest BCUT2D eigenvalue weighted by molar-refractivity contribution is 0.0953. The van der Waals surface area contributed by atoms with Crippen LogP contribution >= 0.6 is 11.3 Å². The minimum atomic E-state index is -0.0371. The number of anilines is 1. The zero-order chi connectivity index (χ0) is 24.9. The van der Waals surface area contributed by atoms with Crippen LogP contribution in [0.4, 0.5) is 5.69 Å². The highest BCUT2D eigenvalue weighted by Gasteiger charge is 2.29. The van der Waals surface area contributed by atoms with E-state index in [-0.39, 0.29) is 11.8 Å². The fourth-order valence-corrected chi connectivity index (χ4v) is 6.31. The number of nitrogens with zero attached hydrogens (tertiary/aromatic N) is 3. The van der Waals surface area contributed by atoms with Crippen LogP contribution in [0.25, 0.3) is 27.2 Å². The molecule has 0 atom stereocenters. The van der Waals surface area contributed by atoms with Gasteiger partial charge in [-0.05, 0) is 61.2 Å². The van der Waals surface area contributed by atoms with E-state index in [1.165, 1.54) is 11.3 Å². The van der Waals surface area contributed by atoms with Crippen molar-refractivity contribution in [2.75, 3.05) is 24.7 Å². The van der Waals surface area contributed by atoms with E-state index in [9.17, 15) is 9.59 Å². The summed E-state index contributed by atoms with van der Waals surface area (Å²) < 4.78 is 7.53. The third kappa shape index (κ3) is 4.06. The number of fused-ring (bicyclic) bond motifs is 4. The number of benzene rings is 2. The molecule has 0 unspecified atom stereocenters. The number of imidazole rings is 1. The molecule has 2 aromatic carbocycles. The lowest BCUT2D eigenvalue weighted by atomic mass is 10.1. The van der Waals surface area contributed by atoms with E-state index in [1.54, 1.807) is 0 Å². The van der Waals surface area contributed by atoms with Gasteiger partial charge in [0.15, 0.2) is 0 Å². The first kappa shape index (κ1) is 22.4. The molecule has 0 spiro atoms. The summed E-state index contributed by atoms with van der Waals surface area (Å²) >= 11 is 1.52. The van der Waals surface area contributed by atoms with Crippen molar-refractivity contribution in [2.24, 2.45) is 0 Å². The molecule has 8 heteroatoms. The molecule has 2 aliphatic heterocycles. The summed E-state index contributed by atoms with van der Waals surface area (Å²) in [5, 5.41) is 3.10. The molecular formula is C29H26N4O3S. The number of carbonyl (C=O) groups is 2. The monoisotopic (exact) mass is 510 g/mol. The van der Waals surface area contributed by atoms with Gasteiger partial charge in [-0.3, -0.25) is 9.59 Å². The first-order valence-electron chi connectivity index (χ1n) is 12.7. The Morgan fingerprint density at radius 1 is 1.08 bits per heavy atom. The predicted octanol–water partition coefficient (Wildman–Crippen LogP) is 5.12. The van der Waals surface area contributed by atoms with E-state index >= 15 is 0 Å². The molecule has 1 aliphatic carbocycles. The number of ether oxygens (including phenoxy) is 1. The topological polar surface area (TPSA) is 76.5 Å². The number of thiophene rings is 1. The third-order valence-electron chi connectivity index (χ3n) is 7.28. The lowest BCUT2D eigenvalue weighted by Crippen LogP contribution is -2.32. The van der Waals surface area contributed by atoms with E-state index in [0.29, 0.717) is 37.8 Å². The second-order valence-electron chi connectivity index (χ2n) is 9.78. The van der Waals surface area contributed by atoms with E-state index in [2.05, 4.69) is 27.0 Å². The van der Waals surface area contributed by atoms with Gasteiger partial charge in [-0.15, -0.1) is 11.3 Å². The Bertz CT molecular complexity index is 1580. The Morgan fingerprint density at radius 2 is 1.97 bits per heavy atom. The average molecular weight is 511 g/mol. The molecule has 3 aliphatic rings. The molecule has 0 saturated heterocycles. The molecule has 0 radical (unpaired) electrons. The molecule has 186 valence electrons. The van der Waals surface area contributed by atoms with Crippen LogP contribution in [0.2, 0.25) is 0 Å². The Labute approximate surface area is 218 Å². The lowest BCUT2D eigenvalue weighted by Gasteiger charge is -2.23. The number of amides is 2. The van der Waals surface area contributed by atoms with Crippen molar-refractivity contribution in [3.05, 3.63) is 76.9 Å². The van der Waals surface area contributed by atoms with E-state index in [4.69, 9.17) is 4.74 Å². The highest BCUT2D eigenvalue weighted by molar-refractivity contribution is 7.17. The molecule has 4 aromatic rings. The van der Waals surface area contributed by atoms with Gasteiger partial charge in [-0.1, -0.05) is 18.2 Å². The molecule has 4 heterocycles. The number of rotatable bonds is 4. The predicted molar refractivity (Wildman–Crippen MR) is 145 cm³/mol. The van der Waals surface area contributed by atoms with Crippen LogP contribution in [0.1, 0.15) is 44.9 Å². The maximum atomic E-state index is 13.9. The maximum Gasteiger partial charge on any atom is 0.261 e. The minimum absolute atomic E-state index is 0.00976. The number of hydrogen-bond donors (Lipinski definition) is 1. The van der Waals surface area contributed by atoms with Gasteiger partial charge in [0.1, 0.15) is 6.33 Å². The summed E-state index contributed by atoms with van der Waals surface area (Å²) in [6, 6.07) is 16.1. The van der Waals surface area contributed by atoms with Crippen LogP contribution < -0.4 is 10.2 Å². The summed E-state index contributed by atoms with van der Waals surface area (Å²) in [4.78, 5) is 34.9. The van der Waals surface area contributed by atoms with Crippen molar-refractivity contribution in [1.29, 1.82) is 0 Å². The van der Waals surface area contributed by atoms with Crippen molar-refractivity contribution >= 4 is 45.6 Å². The number of para-hydroxylation sites is 1. The van der Waals surface area contributed by atoms with Crippen LogP contribution in [0.3, 0.4) is 0 Å². The standard InChI is InChI=1S/C29H26N4O3S/c34-28(31-20-6-7-20)26-16-18-9-12-32(24-4-2-1-3-22(24)27(18)37-26)29(35)19-5-8-23-25(15-19)33(17-30-23)21-10-13-36-14-11-21/h1-5,8,10,15-17,20H,6-7,9,11-14H2,(H,31,34). The molecule has 1 saturated carbocycles. The zero-order valence-electron chi connectivity index (χ0n) is 20.3. The van der Waals surface area contributed by atoms with Gasteiger partial charge in [0, 0.05) is 40.7 Å². The fraction of sp³-hybridized carbons (Fsp3) is 0.276. The quantitative estimate of drug-likeness (QED) is 0.413. The Balaban J connectivity index is 1.24. The number of carbonyl (C=O) groups excluding carboxylic acids is 2. The normalized spacial score (nSPS) is 17.1. The molecule has 0 bridgehead atoms. The van der Waals surface area contributed by atoms with Crippen LogP contribution in [0.15, 0.2) is 60.9 Å². The average Bonchev–Trinajstić information content (AvgIpc) is 3.52. The summed E-state index contributed by atoms with van der Waals surface area (Å²) in [7, 11) is 0.